The molecule has 1 aromatic carbocycles. The number of hydrogen-bond acceptors (Lipinski definition) is 6. The van der Waals surface area contributed by atoms with Crippen LogP contribution in [-0.2, 0) is 0 Å². The van der Waals surface area contributed by atoms with E-state index in [-0.39, 0.29) is 17.9 Å². The van der Waals surface area contributed by atoms with Crippen LogP contribution < -0.4 is 5.32 Å². The molecule has 2 atom stereocenters. The van der Waals surface area contributed by atoms with Gasteiger partial charge in [0.1, 0.15) is 23.5 Å². The van der Waals surface area contributed by atoms with Gasteiger partial charge in [0.15, 0.2) is 0 Å². The van der Waals surface area contributed by atoms with E-state index in [4.69, 9.17) is 5.26 Å². The Balaban J connectivity index is 1.43. The third-order valence-electron chi connectivity index (χ3n) is 4.86. The Morgan fingerprint density at radius 3 is 2.83 bits per heavy atom. The number of aromatic nitrogens is 2. The molecule has 1 aromatic heterocycles. The lowest BCUT2D eigenvalue weighted by Gasteiger charge is -2.27. The third-order valence-corrected chi connectivity index (χ3v) is 4.86. The summed E-state index contributed by atoms with van der Waals surface area (Å²) in [5, 5.41) is 17.5. The molecule has 0 saturated carbocycles. The summed E-state index contributed by atoms with van der Waals surface area (Å²) in [7, 11) is 0. The van der Waals surface area contributed by atoms with Gasteiger partial charge in [0.25, 0.3) is 0 Å². The maximum atomic E-state index is 13.6. The lowest BCUT2D eigenvalue weighted by molar-refractivity contribution is 0.151. The van der Waals surface area contributed by atoms with Gasteiger partial charge in [-0.05, 0) is 30.2 Å². The molecule has 2 aliphatic rings. The fourth-order valence-corrected chi connectivity index (χ4v) is 3.54. The van der Waals surface area contributed by atoms with E-state index >= 15 is 0 Å². The summed E-state index contributed by atoms with van der Waals surface area (Å²) in [6.07, 6.45) is 4.14. The number of rotatable bonds is 3. The number of nitrogens with one attached hydrogen (secondary N) is 1. The van der Waals surface area contributed by atoms with E-state index in [1.165, 1.54) is 23.3 Å². The van der Waals surface area contributed by atoms with Crippen LogP contribution in [0.2, 0.25) is 0 Å². The Morgan fingerprint density at radius 1 is 1.28 bits per heavy atom. The van der Waals surface area contributed by atoms with Gasteiger partial charge in [0, 0.05) is 44.0 Å². The van der Waals surface area contributed by atoms with E-state index in [1.54, 1.807) is 17.2 Å². The van der Waals surface area contributed by atoms with Crippen LogP contribution >= 0.6 is 0 Å². The van der Waals surface area contributed by atoms with Gasteiger partial charge in [-0.2, -0.15) is 10.4 Å². The first-order chi connectivity index (χ1) is 14.0. The minimum atomic E-state index is -0.689. The maximum absolute atomic E-state index is 13.6. The number of nitrogens with zero attached hydrogens (tertiary/aromatic N) is 6. The summed E-state index contributed by atoms with van der Waals surface area (Å²) in [5.74, 6) is -0.793. The Kier molecular flexibility index (Phi) is 5.03. The zero-order valence-electron chi connectivity index (χ0n) is 15.3. The zero-order chi connectivity index (χ0) is 20.4. The smallest absolute Gasteiger partial charge is 0.341 e. The average molecular weight is 397 g/mol. The molecule has 148 valence electrons. The van der Waals surface area contributed by atoms with Gasteiger partial charge in [-0.25, -0.2) is 28.6 Å². The molecule has 8 nitrogen and oxygen atoms in total. The van der Waals surface area contributed by atoms with Gasteiger partial charge in [0.05, 0.1) is 6.04 Å². The molecule has 2 aliphatic heterocycles. The van der Waals surface area contributed by atoms with Crippen LogP contribution in [0, 0.1) is 23.0 Å². The average Bonchev–Trinajstić information content (AvgIpc) is 3.36. The second kappa shape index (κ2) is 7.79. The first kappa shape index (κ1) is 18.7. The number of halogens is 2. The lowest BCUT2D eigenvalue weighted by atomic mass is 10.0. The molecule has 0 aliphatic carbocycles. The predicted octanol–water partition coefficient (Wildman–Crippen LogP) is 2.67. The molecule has 0 radical (unpaired) electrons. The SMILES string of the molecule is N#Cc1nccc(NC2CCN(C(=O)N3N=CCC3c3cc(F)cc(F)c3)C2)n1. The monoisotopic (exact) mass is 397 g/mol. The zero-order valence-corrected chi connectivity index (χ0v) is 15.3. The highest BCUT2D eigenvalue weighted by Gasteiger charge is 2.35. The van der Waals surface area contributed by atoms with Crippen molar-refractivity contribution in [2.75, 3.05) is 18.4 Å². The second-order valence-corrected chi connectivity index (χ2v) is 6.83. The van der Waals surface area contributed by atoms with E-state index in [2.05, 4.69) is 20.4 Å². The normalized spacial score (nSPS) is 20.7. The summed E-state index contributed by atoms with van der Waals surface area (Å²) in [4.78, 5) is 22.5. The molecule has 29 heavy (non-hydrogen) atoms. The molecule has 4 rings (SSSR count). The maximum Gasteiger partial charge on any atom is 0.341 e. The van der Waals surface area contributed by atoms with Crippen LogP contribution in [0.25, 0.3) is 0 Å². The van der Waals surface area contributed by atoms with Gasteiger partial charge in [-0.1, -0.05) is 0 Å². The highest BCUT2D eigenvalue weighted by atomic mass is 19.1. The van der Waals surface area contributed by atoms with Crippen molar-refractivity contribution in [3.63, 3.8) is 0 Å². The summed E-state index contributed by atoms with van der Waals surface area (Å²) < 4.78 is 27.2. The quantitative estimate of drug-likeness (QED) is 0.859. The first-order valence-electron chi connectivity index (χ1n) is 9.10. The number of nitriles is 1. The summed E-state index contributed by atoms with van der Waals surface area (Å²) in [6, 6.07) is 5.87. The van der Waals surface area contributed by atoms with Gasteiger partial charge in [0.2, 0.25) is 5.82 Å². The summed E-state index contributed by atoms with van der Waals surface area (Å²) >= 11 is 0. The molecule has 0 bridgehead atoms. The molecular formula is C19H17F2N7O. The van der Waals surface area contributed by atoms with Crippen molar-refractivity contribution in [2.24, 2.45) is 5.10 Å². The van der Waals surface area contributed by atoms with Gasteiger partial charge < -0.3 is 10.2 Å². The van der Waals surface area contributed by atoms with Crippen molar-refractivity contribution in [3.8, 4) is 6.07 Å². The van der Waals surface area contributed by atoms with Crippen molar-refractivity contribution >= 4 is 18.1 Å². The number of anilines is 1. The number of urea groups is 1. The van der Waals surface area contributed by atoms with Gasteiger partial charge in [-0.3, -0.25) is 0 Å². The number of hydrogen-bond donors (Lipinski definition) is 1. The van der Waals surface area contributed by atoms with Crippen LogP contribution in [0.4, 0.5) is 19.4 Å². The molecule has 0 spiro atoms. The summed E-state index contributed by atoms with van der Waals surface area (Å²) in [6.45, 7) is 0.921. The molecular weight excluding hydrogens is 380 g/mol. The van der Waals surface area contributed by atoms with Crippen LogP contribution in [0.1, 0.15) is 30.3 Å². The fourth-order valence-electron chi connectivity index (χ4n) is 3.54. The standard InChI is InChI=1S/C19H17F2N7O/c20-13-7-12(8-14(21)9-13)16-1-5-24-28(16)19(29)27-6-3-15(11-27)25-17-2-4-23-18(10-22)26-17/h2,4-5,7-9,15-16H,1,3,6,11H2,(H,23,25,26). The lowest BCUT2D eigenvalue weighted by Crippen LogP contribution is -2.40. The van der Waals surface area contributed by atoms with Crippen molar-refractivity contribution < 1.29 is 13.6 Å². The van der Waals surface area contributed by atoms with Crippen LogP contribution in [0.3, 0.4) is 0 Å². The van der Waals surface area contributed by atoms with Crippen molar-refractivity contribution in [3.05, 3.63) is 53.5 Å². The number of amides is 2. The van der Waals surface area contributed by atoms with E-state index in [9.17, 15) is 13.6 Å². The number of likely N-dealkylation sites (tertiary alicyclic amines) is 1. The van der Waals surface area contributed by atoms with Crippen LogP contribution in [-0.4, -0.2) is 51.3 Å². The molecule has 3 heterocycles. The van der Waals surface area contributed by atoms with Gasteiger partial charge in [-0.15, -0.1) is 0 Å². The highest BCUT2D eigenvalue weighted by molar-refractivity contribution is 5.79. The van der Waals surface area contributed by atoms with Crippen LogP contribution in [0.5, 0.6) is 0 Å². The summed E-state index contributed by atoms with van der Waals surface area (Å²) in [5.41, 5.74) is 0.368. The van der Waals surface area contributed by atoms with E-state index in [1.807, 2.05) is 6.07 Å². The van der Waals surface area contributed by atoms with Crippen molar-refractivity contribution in [1.82, 2.24) is 19.9 Å². The molecule has 1 fully saturated rings. The van der Waals surface area contributed by atoms with E-state index in [0.29, 0.717) is 37.3 Å². The fraction of sp³-hybridized carbons (Fsp3) is 0.316. The topological polar surface area (TPSA) is 97.5 Å². The van der Waals surface area contributed by atoms with Crippen molar-refractivity contribution in [1.29, 1.82) is 5.26 Å². The van der Waals surface area contributed by atoms with Crippen LogP contribution in [0.15, 0.2) is 35.6 Å². The highest BCUT2D eigenvalue weighted by Crippen LogP contribution is 2.31. The number of carbonyl (C=O) groups is 1. The van der Waals surface area contributed by atoms with Gasteiger partial charge >= 0.3 is 6.03 Å². The molecule has 1 N–H and O–H groups in total. The Hall–Kier alpha value is -3.61. The minimum Gasteiger partial charge on any atom is -0.365 e. The first-order valence-corrected chi connectivity index (χ1v) is 9.10. The number of carbonyl (C=O) groups excluding carboxylic acids is 1. The third kappa shape index (κ3) is 3.99. The van der Waals surface area contributed by atoms with E-state index in [0.717, 1.165) is 6.07 Å². The predicted molar refractivity (Wildman–Crippen MR) is 99.8 cm³/mol. The largest absolute Gasteiger partial charge is 0.365 e. The number of benzene rings is 1. The Labute approximate surface area is 165 Å². The number of hydrazone groups is 1. The molecule has 2 aromatic rings. The Morgan fingerprint density at radius 2 is 2.07 bits per heavy atom. The Bertz CT molecular complexity index is 986. The minimum absolute atomic E-state index is 0.0444. The van der Waals surface area contributed by atoms with Crippen molar-refractivity contribution in [2.45, 2.75) is 24.9 Å². The molecule has 2 amide bonds. The molecule has 2 unspecified atom stereocenters. The molecule has 1 saturated heterocycles. The molecule has 10 heteroatoms. The van der Waals surface area contributed by atoms with E-state index < -0.39 is 17.7 Å². The second-order valence-electron chi connectivity index (χ2n) is 6.83.